The van der Waals surface area contributed by atoms with Gasteiger partial charge in [0.15, 0.2) is 0 Å². The van der Waals surface area contributed by atoms with E-state index in [1.165, 1.54) is 18.4 Å². The molecule has 2 nitrogen and oxygen atoms in total. The molecule has 0 aliphatic rings. The average Bonchev–Trinajstić information content (AvgIpc) is 2.24. The number of unbranched alkanes of at least 4 members (excludes halogenated alkanes) is 3. The van der Waals surface area contributed by atoms with Crippen molar-refractivity contribution in [2.75, 3.05) is 0 Å². The van der Waals surface area contributed by atoms with Crippen LogP contribution in [0.15, 0.2) is 30.3 Å². The van der Waals surface area contributed by atoms with Crippen LogP contribution in [0.3, 0.4) is 0 Å². The Bertz CT molecular complexity index is 249. The summed E-state index contributed by atoms with van der Waals surface area (Å²) in [5.41, 5.74) is 1.39. The quantitative estimate of drug-likeness (QED) is 0.530. The highest BCUT2D eigenvalue weighted by molar-refractivity contribution is 6.40. The van der Waals surface area contributed by atoms with Gasteiger partial charge in [0, 0.05) is 0 Å². The summed E-state index contributed by atoms with van der Waals surface area (Å²) < 4.78 is 0. The molecular formula is C12H19BO2. The summed E-state index contributed by atoms with van der Waals surface area (Å²) in [6, 6.07) is 10.5. The van der Waals surface area contributed by atoms with E-state index in [9.17, 15) is 0 Å². The lowest BCUT2D eigenvalue weighted by Crippen LogP contribution is -2.09. The van der Waals surface area contributed by atoms with Gasteiger partial charge < -0.3 is 10.0 Å². The zero-order chi connectivity index (χ0) is 10.9. The highest BCUT2D eigenvalue weighted by Crippen LogP contribution is 2.09. The third-order valence-corrected chi connectivity index (χ3v) is 2.52. The lowest BCUT2D eigenvalue weighted by molar-refractivity contribution is 0.401. The molecule has 0 aliphatic carbocycles. The first-order chi connectivity index (χ1) is 7.29. The van der Waals surface area contributed by atoms with Gasteiger partial charge in [0.1, 0.15) is 0 Å². The molecule has 0 heterocycles. The molecule has 0 fully saturated rings. The summed E-state index contributed by atoms with van der Waals surface area (Å²) >= 11 is 0. The molecule has 2 N–H and O–H groups in total. The first kappa shape index (κ1) is 12.3. The Hall–Kier alpha value is -0.795. The Morgan fingerprint density at radius 2 is 1.53 bits per heavy atom. The van der Waals surface area contributed by atoms with Crippen molar-refractivity contribution >= 4 is 7.12 Å². The van der Waals surface area contributed by atoms with Crippen LogP contribution in [0, 0.1) is 0 Å². The van der Waals surface area contributed by atoms with E-state index in [1.54, 1.807) is 0 Å². The second-order valence-electron chi connectivity index (χ2n) is 3.92. The molecule has 0 aliphatic heterocycles. The third-order valence-electron chi connectivity index (χ3n) is 2.52. The molecule has 0 amide bonds. The predicted octanol–water partition coefficient (Wildman–Crippen LogP) is 2.26. The van der Waals surface area contributed by atoms with Crippen molar-refractivity contribution in [3.8, 4) is 0 Å². The SMILES string of the molecule is OB(O)CCCCCCc1ccccc1. The maximum Gasteiger partial charge on any atom is 0.451 e. The minimum Gasteiger partial charge on any atom is -0.427 e. The van der Waals surface area contributed by atoms with Crippen molar-refractivity contribution in [3.05, 3.63) is 35.9 Å². The topological polar surface area (TPSA) is 40.5 Å². The lowest BCUT2D eigenvalue weighted by Gasteiger charge is -2.01. The summed E-state index contributed by atoms with van der Waals surface area (Å²) in [7, 11) is -1.13. The van der Waals surface area contributed by atoms with E-state index in [2.05, 4.69) is 24.3 Å². The molecular weight excluding hydrogens is 187 g/mol. The second-order valence-corrected chi connectivity index (χ2v) is 3.92. The van der Waals surface area contributed by atoms with Gasteiger partial charge in [0.05, 0.1) is 0 Å². The first-order valence-corrected chi connectivity index (χ1v) is 5.69. The molecule has 1 rings (SSSR count). The number of hydrogen-bond acceptors (Lipinski definition) is 2. The van der Waals surface area contributed by atoms with Gasteiger partial charge in [-0.05, 0) is 24.7 Å². The highest BCUT2D eigenvalue weighted by atomic mass is 16.4. The van der Waals surface area contributed by atoms with Crippen LogP contribution < -0.4 is 0 Å². The summed E-state index contributed by atoms with van der Waals surface area (Å²) in [6.07, 6.45) is 5.98. The van der Waals surface area contributed by atoms with Gasteiger partial charge in [0.2, 0.25) is 0 Å². The second kappa shape index (κ2) is 7.49. The summed E-state index contributed by atoms with van der Waals surface area (Å²) in [6.45, 7) is 0. The van der Waals surface area contributed by atoms with Crippen molar-refractivity contribution in [3.63, 3.8) is 0 Å². The Morgan fingerprint density at radius 1 is 0.867 bits per heavy atom. The first-order valence-electron chi connectivity index (χ1n) is 5.69. The van der Waals surface area contributed by atoms with Crippen molar-refractivity contribution < 1.29 is 10.0 Å². The zero-order valence-electron chi connectivity index (χ0n) is 9.10. The minimum absolute atomic E-state index is 0.505. The molecule has 0 saturated heterocycles. The van der Waals surface area contributed by atoms with E-state index < -0.39 is 7.12 Å². The van der Waals surface area contributed by atoms with Crippen LogP contribution in [0.25, 0.3) is 0 Å². The fraction of sp³-hybridized carbons (Fsp3) is 0.500. The largest absolute Gasteiger partial charge is 0.451 e. The minimum atomic E-state index is -1.13. The van der Waals surface area contributed by atoms with E-state index >= 15 is 0 Å². The Morgan fingerprint density at radius 3 is 2.20 bits per heavy atom. The van der Waals surface area contributed by atoms with E-state index in [4.69, 9.17) is 10.0 Å². The average molecular weight is 206 g/mol. The standard InChI is InChI=1S/C12H19BO2/c14-13(15)11-7-2-1-4-8-12-9-5-3-6-10-12/h3,5-6,9-10,14-15H,1-2,4,7-8,11H2. The van der Waals surface area contributed by atoms with Crippen LogP contribution in [0.1, 0.15) is 31.2 Å². The van der Waals surface area contributed by atoms with Gasteiger partial charge in [-0.3, -0.25) is 0 Å². The van der Waals surface area contributed by atoms with E-state index in [-0.39, 0.29) is 0 Å². The summed E-state index contributed by atoms with van der Waals surface area (Å²) in [4.78, 5) is 0. The normalized spacial score (nSPS) is 10.3. The Labute approximate surface area is 92.1 Å². The van der Waals surface area contributed by atoms with Crippen LogP contribution in [-0.2, 0) is 6.42 Å². The summed E-state index contributed by atoms with van der Waals surface area (Å²) in [5, 5.41) is 17.3. The van der Waals surface area contributed by atoms with Crippen LogP contribution in [0.5, 0.6) is 0 Å². The number of aryl methyl sites for hydroxylation is 1. The molecule has 3 heteroatoms. The van der Waals surface area contributed by atoms with Crippen molar-refractivity contribution in [1.82, 2.24) is 0 Å². The van der Waals surface area contributed by atoms with Crippen molar-refractivity contribution in [2.45, 2.75) is 38.4 Å². The smallest absolute Gasteiger partial charge is 0.427 e. The van der Waals surface area contributed by atoms with Gasteiger partial charge >= 0.3 is 7.12 Å². The van der Waals surface area contributed by atoms with Crippen molar-refractivity contribution in [1.29, 1.82) is 0 Å². The molecule has 0 saturated carbocycles. The molecule has 82 valence electrons. The molecule has 15 heavy (non-hydrogen) atoms. The van der Waals surface area contributed by atoms with E-state index in [0.717, 1.165) is 19.3 Å². The predicted molar refractivity (Wildman–Crippen MR) is 63.6 cm³/mol. The molecule has 0 spiro atoms. The van der Waals surface area contributed by atoms with Gasteiger partial charge in [-0.2, -0.15) is 0 Å². The Kier molecular flexibility index (Phi) is 6.13. The molecule has 0 radical (unpaired) electrons. The van der Waals surface area contributed by atoms with Crippen LogP contribution in [0.4, 0.5) is 0 Å². The summed E-state index contributed by atoms with van der Waals surface area (Å²) in [5.74, 6) is 0. The number of hydrogen-bond donors (Lipinski definition) is 2. The fourth-order valence-corrected chi connectivity index (χ4v) is 1.65. The van der Waals surface area contributed by atoms with Gasteiger partial charge in [-0.15, -0.1) is 0 Å². The van der Waals surface area contributed by atoms with Crippen molar-refractivity contribution in [2.24, 2.45) is 0 Å². The zero-order valence-corrected chi connectivity index (χ0v) is 9.10. The van der Waals surface area contributed by atoms with Gasteiger partial charge in [0.25, 0.3) is 0 Å². The number of rotatable bonds is 7. The fourth-order valence-electron chi connectivity index (χ4n) is 1.65. The van der Waals surface area contributed by atoms with Crippen LogP contribution in [0.2, 0.25) is 6.32 Å². The highest BCUT2D eigenvalue weighted by Gasteiger charge is 2.04. The maximum atomic E-state index is 8.64. The molecule has 1 aromatic carbocycles. The Balaban J connectivity index is 1.98. The molecule has 1 aromatic rings. The molecule has 0 bridgehead atoms. The molecule has 0 atom stereocenters. The maximum absolute atomic E-state index is 8.64. The monoisotopic (exact) mass is 206 g/mol. The van der Waals surface area contributed by atoms with E-state index in [1.807, 2.05) is 6.07 Å². The number of benzene rings is 1. The van der Waals surface area contributed by atoms with Gasteiger partial charge in [-0.1, -0.05) is 49.6 Å². The third kappa shape index (κ3) is 6.31. The molecule has 0 aromatic heterocycles. The van der Waals surface area contributed by atoms with Crippen LogP contribution in [-0.4, -0.2) is 17.2 Å². The molecule has 0 unspecified atom stereocenters. The van der Waals surface area contributed by atoms with E-state index in [0.29, 0.717) is 6.32 Å². The van der Waals surface area contributed by atoms with Gasteiger partial charge in [-0.25, -0.2) is 0 Å². The lowest BCUT2D eigenvalue weighted by atomic mass is 9.83. The van der Waals surface area contributed by atoms with Crippen LogP contribution >= 0.6 is 0 Å².